The van der Waals surface area contributed by atoms with Crippen molar-refractivity contribution in [1.82, 2.24) is 25.2 Å². The van der Waals surface area contributed by atoms with Crippen molar-refractivity contribution in [1.29, 1.82) is 0 Å². The van der Waals surface area contributed by atoms with E-state index in [0.717, 1.165) is 40.7 Å². The summed E-state index contributed by atoms with van der Waals surface area (Å²) in [6, 6.07) is 19.9. The van der Waals surface area contributed by atoms with Crippen molar-refractivity contribution < 1.29 is 14.6 Å². The molecular weight excluding hydrogens is 370 g/mol. The highest BCUT2D eigenvalue weighted by Crippen LogP contribution is 2.22. The number of para-hydroxylation sites is 1. The molecule has 0 aliphatic rings. The number of aryl methyl sites for hydroxylation is 1. The number of aromatic nitrogens is 5. The molecule has 0 atom stereocenters. The summed E-state index contributed by atoms with van der Waals surface area (Å²) in [5.41, 5.74) is 2.79. The molecule has 2 heterocycles. The summed E-state index contributed by atoms with van der Waals surface area (Å²) in [5.74, 6) is 0.662. The summed E-state index contributed by atoms with van der Waals surface area (Å²) < 4.78 is 7.67. The van der Waals surface area contributed by atoms with Gasteiger partial charge in [-0.05, 0) is 41.6 Å². The van der Waals surface area contributed by atoms with Crippen LogP contribution in [-0.4, -0.2) is 36.3 Å². The Bertz CT molecular complexity index is 1110. The number of tetrazole rings is 1. The molecule has 8 nitrogen and oxygen atoms in total. The maximum absolute atomic E-state index is 9.00. The third-order valence-corrected chi connectivity index (χ3v) is 3.97. The molecule has 29 heavy (non-hydrogen) atoms. The highest BCUT2D eigenvalue weighted by atomic mass is 16.5. The fourth-order valence-electron chi connectivity index (χ4n) is 2.70. The first kappa shape index (κ1) is 19.9. The maximum atomic E-state index is 9.00. The van der Waals surface area contributed by atoms with Crippen molar-refractivity contribution in [3.8, 4) is 17.1 Å². The molecule has 1 N–H and O–H groups in total. The van der Waals surface area contributed by atoms with Gasteiger partial charge in [0.1, 0.15) is 12.4 Å². The van der Waals surface area contributed by atoms with Crippen molar-refractivity contribution in [2.75, 3.05) is 0 Å². The summed E-state index contributed by atoms with van der Waals surface area (Å²) in [6.45, 7) is 4.22. The minimum Gasteiger partial charge on any atom is -0.487 e. The SMILES string of the molecule is CC(=O)O.CCn1nnnc1-c1cccc(OCc2ccc3ccccc3n2)c1. The Balaban J connectivity index is 0.000000552. The molecule has 0 amide bonds. The van der Waals surface area contributed by atoms with Gasteiger partial charge in [-0.15, -0.1) is 5.10 Å². The molecule has 0 fully saturated rings. The normalized spacial score (nSPS) is 10.3. The van der Waals surface area contributed by atoms with E-state index in [4.69, 9.17) is 14.6 Å². The van der Waals surface area contributed by atoms with E-state index in [2.05, 4.69) is 26.6 Å². The van der Waals surface area contributed by atoms with Crippen LogP contribution >= 0.6 is 0 Å². The average molecular weight is 391 g/mol. The Morgan fingerprint density at radius 3 is 2.69 bits per heavy atom. The second kappa shape index (κ2) is 9.41. The smallest absolute Gasteiger partial charge is 0.300 e. The van der Waals surface area contributed by atoms with Crippen molar-refractivity contribution in [2.45, 2.75) is 27.0 Å². The molecule has 0 saturated carbocycles. The molecule has 0 spiro atoms. The molecule has 4 rings (SSSR count). The van der Waals surface area contributed by atoms with E-state index in [1.807, 2.05) is 61.5 Å². The number of carbonyl (C=O) groups is 1. The third-order valence-electron chi connectivity index (χ3n) is 3.97. The molecule has 148 valence electrons. The van der Waals surface area contributed by atoms with Gasteiger partial charge in [0.15, 0.2) is 5.82 Å². The number of pyridine rings is 1. The lowest BCUT2D eigenvalue weighted by Crippen LogP contribution is -2.01. The van der Waals surface area contributed by atoms with E-state index in [9.17, 15) is 0 Å². The van der Waals surface area contributed by atoms with E-state index in [0.29, 0.717) is 13.2 Å². The van der Waals surface area contributed by atoms with Gasteiger partial charge in [-0.2, -0.15) is 0 Å². The number of hydrogen-bond acceptors (Lipinski definition) is 6. The lowest BCUT2D eigenvalue weighted by Gasteiger charge is -2.08. The van der Waals surface area contributed by atoms with Crippen LogP contribution in [0.5, 0.6) is 5.75 Å². The minimum atomic E-state index is -0.833. The molecule has 8 heteroatoms. The van der Waals surface area contributed by atoms with Crippen LogP contribution in [0.15, 0.2) is 60.7 Å². The van der Waals surface area contributed by atoms with E-state index >= 15 is 0 Å². The molecule has 0 bridgehead atoms. The molecule has 0 aliphatic carbocycles. The predicted octanol–water partition coefficient (Wildman–Crippen LogP) is 3.58. The average Bonchev–Trinajstić information content (AvgIpc) is 3.21. The molecule has 2 aromatic carbocycles. The highest BCUT2D eigenvalue weighted by Gasteiger charge is 2.08. The molecule has 0 saturated heterocycles. The van der Waals surface area contributed by atoms with Gasteiger partial charge < -0.3 is 9.84 Å². The second-order valence-corrected chi connectivity index (χ2v) is 6.15. The number of benzene rings is 2. The van der Waals surface area contributed by atoms with Gasteiger partial charge in [0.05, 0.1) is 11.2 Å². The molecule has 0 radical (unpaired) electrons. The first-order valence-corrected chi connectivity index (χ1v) is 9.10. The van der Waals surface area contributed by atoms with Crippen LogP contribution in [0.4, 0.5) is 0 Å². The standard InChI is InChI=1S/C19H17N5O.C2H4O2/c1-2-24-19(21-22-23-24)15-7-5-8-17(12-15)25-13-16-11-10-14-6-3-4-9-18(14)20-16;1-2(3)4/h3-12H,2,13H2,1H3;1H3,(H,3,4). The van der Waals surface area contributed by atoms with Gasteiger partial charge in [0.2, 0.25) is 0 Å². The van der Waals surface area contributed by atoms with Crippen LogP contribution < -0.4 is 4.74 Å². The van der Waals surface area contributed by atoms with Crippen molar-refractivity contribution >= 4 is 16.9 Å². The maximum Gasteiger partial charge on any atom is 0.300 e. The van der Waals surface area contributed by atoms with E-state index in [-0.39, 0.29) is 0 Å². The Hall–Kier alpha value is -3.81. The number of rotatable bonds is 5. The number of nitrogens with zero attached hydrogens (tertiary/aromatic N) is 5. The van der Waals surface area contributed by atoms with Crippen LogP contribution in [0.1, 0.15) is 19.5 Å². The molecule has 0 aliphatic heterocycles. The predicted molar refractivity (Wildman–Crippen MR) is 108 cm³/mol. The first-order valence-electron chi connectivity index (χ1n) is 9.10. The van der Waals surface area contributed by atoms with Gasteiger partial charge in [0.25, 0.3) is 5.97 Å². The zero-order valence-corrected chi connectivity index (χ0v) is 16.2. The number of carboxylic acid groups (broad SMARTS) is 1. The fraction of sp³-hybridized carbons (Fsp3) is 0.190. The minimum absolute atomic E-state index is 0.410. The van der Waals surface area contributed by atoms with E-state index in [1.54, 1.807) is 4.68 Å². The van der Waals surface area contributed by atoms with Crippen LogP contribution in [0.3, 0.4) is 0 Å². The topological polar surface area (TPSA) is 103 Å². The zero-order chi connectivity index (χ0) is 20.6. The number of carboxylic acids is 1. The first-order chi connectivity index (χ1) is 14.1. The van der Waals surface area contributed by atoms with Gasteiger partial charge in [-0.25, -0.2) is 9.67 Å². The Kier molecular flexibility index (Phi) is 6.47. The van der Waals surface area contributed by atoms with Crippen LogP contribution in [0.2, 0.25) is 0 Å². The number of hydrogen-bond donors (Lipinski definition) is 1. The van der Waals surface area contributed by atoms with Gasteiger partial charge in [-0.3, -0.25) is 4.79 Å². The summed E-state index contributed by atoms with van der Waals surface area (Å²) >= 11 is 0. The zero-order valence-electron chi connectivity index (χ0n) is 16.2. The Morgan fingerprint density at radius 1 is 1.10 bits per heavy atom. The number of fused-ring (bicyclic) bond motifs is 1. The largest absolute Gasteiger partial charge is 0.487 e. The third kappa shape index (κ3) is 5.35. The van der Waals surface area contributed by atoms with Crippen LogP contribution in [0, 0.1) is 0 Å². The van der Waals surface area contributed by atoms with Crippen molar-refractivity contribution in [3.63, 3.8) is 0 Å². The molecule has 2 aromatic heterocycles. The summed E-state index contributed by atoms with van der Waals surface area (Å²) in [5, 5.41) is 20.3. The summed E-state index contributed by atoms with van der Waals surface area (Å²) in [6.07, 6.45) is 0. The molecular formula is C21H21N5O3. The second-order valence-electron chi connectivity index (χ2n) is 6.15. The Morgan fingerprint density at radius 2 is 1.90 bits per heavy atom. The number of ether oxygens (including phenoxy) is 1. The van der Waals surface area contributed by atoms with Crippen LogP contribution in [-0.2, 0) is 17.9 Å². The quantitative estimate of drug-likeness (QED) is 0.554. The summed E-state index contributed by atoms with van der Waals surface area (Å²) in [4.78, 5) is 13.6. The molecule has 0 unspecified atom stereocenters. The summed E-state index contributed by atoms with van der Waals surface area (Å²) in [7, 11) is 0. The number of aliphatic carboxylic acids is 1. The van der Waals surface area contributed by atoms with Crippen molar-refractivity contribution in [3.05, 3.63) is 66.4 Å². The van der Waals surface area contributed by atoms with Gasteiger partial charge in [0, 0.05) is 24.4 Å². The van der Waals surface area contributed by atoms with E-state index < -0.39 is 5.97 Å². The highest BCUT2D eigenvalue weighted by molar-refractivity contribution is 5.78. The van der Waals surface area contributed by atoms with Gasteiger partial charge in [-0.1, -0.05) is 36.4 Å². The fourth-order valence-corrected chi connectivity index (χ4v) is 2.70. The van der Waals surface area contributed by atoms with Crippen LogP contribution in [0.25, 0.3) is 22.3 Å². The molecule has 4 aromatic rings. The lowest BCUT2D eigenvalue weighted by atomic mass is 10.2. The monoisotopic (exact) mass is 391 g/mol. The van der Waals surface area contributed by atoms with Crippen molar-refractivity contribution in [2.24, 2.45) is 0 Å². The lowest BCUT2D eigenvalue weighted by molar-refractivity contribution is -0.134. The Labute approximate surface area is 167 Å². The van der Waals surface area contributed by atoms with Gasteiger partial charge >= 0.3 is 0 Å². The van der Waals surface area contributed by atoms with E-state index in [1.165, 1.54) is 0 Å².